The molecule has 1 aromatic rings. The summed E-state index contributed by atoms with van der Waals surface area (Å²) < 4.78 is 4.88. The number of methoxy groups -OCH3 is 1. The molecule has 1 atom stereocenters. The molecular weight excluding hydrogens is 286 g/mol. The molecule has 1 fully saturated rings. The summed E-state index contributed by atoms with van der Waals surface area (Å²) in [6.45, 7) is 1.78. The molecule has 0 aromatic carbocycles. The number of rotatable bonds is 4. The first kappa shape index (κ1) is 14.6. The lowest BCUT2D eigenvalue weighted by molar-refractivity contribution is -0.148. The number of thiophene rings is 1. The Labute approximate surface area is 128 Å². The van der Waals surface area contributed by atoms with Gasteiger partial charge in [0.1, 0.15) is 5.54 Å². The van der Waals surface area contributed by atoms with E-state index in [0.29, 0.717) is 0 Å². The number of carbonyl (C=O) groups is 2. The van der Waals surface area contributed by atoms with Gasteiger partial charge in [0, 0.05) is 4.88 Å². The van der Waals surface area contributed by atoms with E-state index in [0.717, 1.165) is 30.6 Å². The fourth-order valence-corrected chi connectivity index (χ4v) is 4.24. The lowest BCUT2D eigenvalue weighted by Gasteiger charge is -2.27. The molecule has 1 saturated carbocycles. The third-order valence-electron chi connectivity index (χ3n) is 4.60. The second kappa shape index (κ2) is 5.44. The average molecular weight is 307 g/mol. The summed E-state index contributed by atoms with van der Waals surface area (Å²) in [4.78, 5) is 26.6. The predicted octanol–water partition coefficient (Wildman–Crippen LogP) is 2.70. The molecule has 1 N–H and O–H groups in total. The van der Waals surface area contributed by atoms with E-state index in [1.165, 1.54) is 30.4 Å². The molecule has 21 heavy (non-hydrogen) atoms. The van der Waals surface area contributed by atoms with E-state index in [-0.39, 0.29) is 17.8 Å². The third kappa shape index (κ3) is 2.71. The van der Waals surface area contributed by atoms with Crippen molar-refractivity contribution in [2.24, 2.45) is 5.92 Å². The van der Waals surface area contributed by atoms with Gasteiger partial charge in [0.25, 0.3) is 5.91 Å². The van der Waals surface area contributed by atoms with E-state index in [4.69, 9.17) is 4.74 Å². The summed E-state index contributed by atoms with van der Waals surface area (Å²) in [5.41, 5.74) is 0.415. The summed E-state index contributed by atoms with van der Waals surface area (Å²) in [6.07, 6.45) is 6.48. The van der Waals surface area contributed by atoms with Gasteiger partial charge in [-0.25, -0.2) is 4.79 Å². The Kier molecular flexibility index (Phi) is 3.78. The summed E-state index contributed by atoms with van der Waals surface area (Å²) in [5, 5.41) is 2.93. The first-order chi connectivity index (χ1) is 10.0. The van der Waals surface area contributed by atoms with Crippen LogP contribution in [0.4, 0.5) is 0 Å². The van der Waals surface area contributed by atoms with Crippen molar-refractivity contribution >= 4 is 23.2 Å². The average Bonchev–Trinajstić information content (AvgIpc) is 3.25. The van der Waals surface area contributed by atoms with Crippen LogP contribution in [0.2, 0.25) is 0 Å². The number of hydrogen-bond donors (Lipinski definition) is 1. The van der Waals surface area contributed by atoms with Crippen LogP contribution in [0.15, 0.2) is 6.07 Å². The molecule has 2 aliphatic rings. The van der Waals surface area contributed by atoms with Crippen LogP contribution in [0, 0.1) is 5.92 Å². The maximum atomic E-state index is 12.5. The zero-order valence-electron chi connectivity index (χ0n) is 12.5. The van der Waals surface area contributed by atoms with Crippen LogP contribution in [0.5, 0.6) is 0 Å². The van der Waals surface area contributed by atoms with Crippen molar-refractivity contribution in [2.45, 2.75) is 51.0 Å². The van der Waals surface area contributed by atoms with Crippen molar-refractivity contribution in [3.63, 3.8) is 0 Å². The van der Waals surface area contributed by atoms with Crippen LogP contribution in [0.1, 0.15) is 52.7 Å². The van der Waals surface area contributed by atoms with E-state index < -0.39 is 5.54 Å². The minimum absolute atomic E-state index is 0.144. The maximum Gasteiger partial charge on any atom is 0.331 e. The molecule has 0 spiro atoms. The standard InChI is InChI=1S/C16H21NO3S/c1-16(11-7-8-11,15(19)20-2)17-14(18)13-9-10-5-3-4-6-12(10)21-13/h9,11H,3-8H2,1-2H3,(H,17,18)/t16-/m0/s1. The van der Waals surface area contributed by atoms with Gasteiger partial charge in [0.2, 0.25) is 0 Å². The SMILES string of the molecule is COC(=O)[C@@](C)(NC(=O)c1cc2c(s1)CCCC2)C1CC1. The number of aryl methyl sites for hydroxylation is 2. The number of amides is 1. The molecule has 0 unspecified atom stereocenters. The molecular formula is C16H21NO3S. The smallest absolute Gasteiger partial charge is 0.331 e. The van der Waals surface area contributed by atoms with E-state index in [1.807, 2.05) is 6.07 Å². The van der Waals surface area contributed by atoms with Gasteiger partial charge in [-0.3, -0.25) is 4.79 Å². The molecule has 114 valence electrons. The summed E-state index contributed by atoms with van der Waals surface area (Å²) in [6, 6.07) is 2.00. The van der Waals surface area contributed by atoms with Gasteiger partial charge in [-0.15, -0.1) is 11.3 Å². The molecule has 0 saturated heterocycles. The van der Waals surface area contributed by atoms with Crippen molar-refractivity contribution in [2.75, 3.05) is 7.11 Å². The highest BCUT2D eigenvalue weighted by atomic mass is 32.1. The minimum Gasteiger partial charge on any atom is -0.467 e. The van der Waals surface area contributed by atoms with Crippen molar-refractivity contribution in [3.8, 4) is 0 Å². The fourth-order valence-electron chi connectivity index (χ4n) is 3.09. The Hall–Kier alpha value is -1.36. The van der Waals surface area contributed by atoms with Crippen LogP contribution >= 0.6 is 11.3 Å². The zero-order chi connectivity index (χ0) is 15.0. The van der Waals surface area contributed by atoms with Crippen LogP contribution in [0.25, 0.3) is 0 Å². The summed E-state index contributed by atoms with van der Waals surface area (Å²) in [5.74, 6) is -0.294. The van der Waals surface area contributed by atoms with Gasteiger partial charge in [0.05, 0.1) is 12.0 Å². The van der Waals surface area contributed by atoms with Crippen molar-refractivity contribution in [1.29, 1.82) is 0 Å². The summed E-state index contributed by atoms with van der Waals surface area (Å²) in [7, 11) is 1.37. The number of hydrogen-bond acceptors (Lipinski definition) is 4. The predicted molar refractivity (Wildman–Crippen MR) is 81.6 cm³/mol. The molecule has 0 radical (unpaired) electrons. The zero-order valence-corrected chi connectivity index (χ0v) is 13.3. The fraction of sp³-hybridized carbons (Fsp3) is 0.625. The van der Waals surface area contributed by atoms with Gasteiger partial charge in [-0.2, -0.15) is 0 Å². The lowest BCUT2D eigenvalue weighted by atomic mass is 9.95. The van der Waals surface area contributed by atoms with Crippen LogP contribution in [-0.4, -0.2) is 24.5 Å². The molecule has 2 aliphatic carbocycles. The van der Waals surface area contributed by atoms with Crippen molar-refractivity contribution in [3.05, 3.63) is 21.4 Å². The van der Waals surface area contributed by atoms with Gasteiger partial charge < -0.3 is 10.1 Å². The van der Waals surface area contributed by atoms with Gasteiger partial charge >= 0.3 is 5.97 Å². The van der Waals surface area contributed by atoms with E-state index in [2.05, 4.69) is 5.32 Å². The highest BCUT2D eigenvalue weighted by Crippen LogP contribution is 2.40. The first-order valence-electron chi connectivity index (χ1n) is 7.57. The van der Waals surface area contributed by atoms with E-state index in [1.54, 1.807) is 18.3 Å². The first-order valence-corrected chi connectivity index (χ1v) is 8.38. The number of ether oxygens (including phenoxy) is 1. The van der Waals surface area contributed by atoms with Crippen molar-refractivity contribution in [1.82, 2.24) is 5.32 Å². The monoisotopic (exact) mass is 307 g/mol. The second-order valence-electron chi connectivity index (χ2n) is 6.19. The Morgan fingerprint density at radius 1 is 1.33 bits per heavy atom. The highest BCUT2D eigenvalue weighted by Gasteiger charge is 2.49. The van der Waals surface area contributed by atoms with Gasteiger partial charge in [-0.1, -0.05) is 0 Å². The normalized spacial score (nSPS) is 20.3. The minimum atomic E-state index is -0.893. The Morgan fingerprint density at radius 3 is 2.67 bits per heavy atom. The lowest BCUT2D eigenvalue weighted by Crippen LogP contribution is -2.54. The summed E-state index contributed by atoms with van der Waals surface area (Å²) >= 11 is 1.57. The van der Waals surface area contributed by atoms with E-state index in [9.17, 15) is 9.59 Å². The molecule has 1 amide bonds. The highest BCUT2D eigenvalue weighted by molar-refractivity contribution is 7.14. The van der Waals surface area contributed by atoms with Crippen LogP contribution in [0.3, 0.4) is 0 Å². The molecule has 0 bridgehead atoms. The number of fused-ring (bicyclic) bond motifs is 1. The maximum absolute atomic E-state index is 12.5. The largest absolute Gasteiger partial charge is 0.467 e. The topological polar surface area (TPSA) is 55.4 Å². The molecule has 1 aromatic heterocycles. The Morgan fingerprint density at radius 2 is 2.05 bits per heavy atom. The molecule has 1 heterocycles. The van der Waals surface area contributed by atoms with E-state index >= 15 is 0 Å². The van der Waals surface area contributed by atoms with Gasteiger partial charge in [0.15, 0.2) is 0 Å². The van der Waals surface area contributed by atoms with Crippen molar-refractivity contribution < 1.29 is 14.3 Å². The molecule has 3 rings (SSSR count). The number of esters is 1. The molecule has 0 aliphatic heterocycles. The number of nitrogens with one attached hydrogen (secondary N) is 1. The Bertz CT molecular complexity index is 553. The molecule has 4 nitrogen and oxygen atoms in total. The Balaban J connectivity index is 1.78. The second-order valence-corrected chi connectivity index (χ2v) is 7.33. The quantitative estimate of drug-likeness (QED) is 0.870. The van der Waals surface area contributed by atoms with Crippen LogP contribution in [-0.2, 0) is 22.4 Å². The third-order valence-corrected chi connectivity index (χ3v) is 5.83. The number of carbonyl (C=O) groups excluding carboxylic acids is 2. The van der Waals surface area contributed by atoms with Crippen LogP contribution < -0.4 is 5.32 Å². The molecule has 5 heteroatoms. The van der Waals surface area contributed by atoms with Gasteiger partial charge in [-0.05, 0) is 63.0 Å².